The Balaban J connectivity index is 1.29. The molecule has 1 saturated heterocycles. The Morgan fingerprint density at radius 1 is 1.14 bits per heavy atom. The van der Waals surface area contributed by atoms with Crippen LogP contribution < -0.4 is 5.32 Å². The van der Waals surface area contributed by atoms with E-state index < -0.39 is 0 Å². The lowest BCUT2D eigenvalue weighted by Gasteiger charge is -2.34. The van der Waals surface area contributed by atoms with Gasteiger partial charge >= 0.3 is 0 Å². The zero-order valence-corrected chi connectivity index (χ0v) is 16.6. The predicted molar refractivity (Wildman–Crippen MR) is 109 cm³/mol. The maximum Gasteiger partial charge on any atom is 0.272 e. The van der Waals surface area contributed by atoms with E-state index in [4.69, 9.17) is 0 Å². The number of hydrogen-bond donors (Lipinski definition) is 1. The topological polar surface area (TPSA) is 70.0 Å². The third-order valence-electron chi connectivity index (χ3n) is 5.02. The summed E-state index contributed by atoms with van der Waals surface area (Å²) in [5, 5.41) is 4.85. The van der Waals surface area contributed by atoms with E-state index >= 15 is 0 Å². The number of hydrogen-bond acceptors (Lipinski definition) is 5. The van der Waals surface area contributed by atoms with Crippen LogP contribution in [0.4, 0.5) is 0 Å². The third kappa shape index (κ3) is 3.79. The van der Waals surface area contributed by atoms with E-state index in [-0.39, 0.29) is 11.8 Å². The molecule has 28 heavy (non-hydrogen) atoms. The van der Waals surface area contributed by atoms with Gasteiger partial charge in [0.15, 0.2) is 0 Å². The van der Waals surface area contributed by atoms with Gasteiger partial charge < -0.3 is 10.2 Å². The van der Waals surface area contributed by atoms with Gasteiger partial charge in [-0.05, 0) is 30.5 Å². The van der Waals surface area contributed by atoms with Crippen molar-refractivity contribution in [3.63, 3.8) is 0 Å². The van der Waals surface area contributed by atoms with E-state index in [2.05, 4.69) is 15.2 Å². The molecule has 3 aromatic rings. The molecule has 0 saturated carbocycles. The van der Waals surface area contributed by atoms with Crippen LogP contribution in [0, 0.1) is 6.92 Å². The summed E-state index contributed by atoms with van der Waals surface area (Å²) < 4.78 is 1.87. The first kappa shape index (κ1) is 18.6. The molecule has 0 aliphatic carbocycles. The number of aryl methyl sites for hydroxylation is 1. The second-order valence-corrected chi connectivity index (χ2v) is 7.79. The monoisotopic (exact) mass is 397 g/mol. The van der Waals surface area contributed by atoms with Crippen LogP contribution in [-0.2, 0) is 0 Å². The normalized spacial score (nSPS) is 15.1. The molecule has 0 bridgehead atoms. The lowest BCUT2D eigenvalue weighted by atomic mass is 10.2. The Bertz CT molecular complexity index is 974. The van der Waals surface area contributed by atoms with Gasteiger partial charge in [-0.25, -0.2) is 4.98 Å². The van der Waals surface area contributed by atoms with Gasteiger partial charge in [-0.15, -0.1) is 11.3 Å². The summed E-state index contributed by atoms with van der Waals surface area (Å²) in [6.45, 7) is 6.23. The molecule has 3 aromatic heterocycles. The summed E-state index contributed by atoms with van der Waals surface area (Å²) in [6, 6.07) is 9.44. The van der Waals surface area contributed by atoms with E-state index in [9.17, 15) is 9.59 Å². The van der Waals surface area contributed by atoms with Crippen molar-refractivity contribution in [2.75, 3.05) is 39.3 Å². The Morgan fingerprint density at radius 3 is 2.71 bits per heavy atom. The highest BCUT2D eigenvalue weighted by molar-refractivity contribution is 7.12. The quantitative estimate of drug-likeness (QED) is 0.714. The number of nitrogens with zero attached hydrogens (tertiary/aromatic N) is 4. The molecule has 2 amide bonds. The number of aromatic nitrogens is 2. The average Bonchev–Trinajstić information content (AvgIpc) is 3.35. The molecule has 8 heteroatoms. The third-order valence-corrected chi connectivity index (χ3v) is 5.89. The van der Waals surface area contributed by atoms with E-state index in [0.717, 1.165) is 35.9 Å². The molecular weight excluding hydrogens is 374 g/mol. The minimum Gasteiger partial charge on any atom is -0.350 e. The van der Waals surface area contributed by atoms with Gasteiger partial charge in [-0.3, -0.25) is 18.9 Å². The lowest BCUT2D eigenvalue weighted by Crippen LogP contribution is -2.50. The molecule has 1 fully saturated rings. The first-order valence-corrected chi connectivity index (χ1v) is 10.3. The SMILES string of the molecule is Cc1nc2ccccn2c1C(=O)N1CCN(CCNC(=O)c2cccs2)CC1. The smallest absolute Gasteiger partial charge is 0.272 e. The van der Waals surface area contributed by atoms with Crippen molar-refractivity contribution < 1.29 is 9.59 Å². The van der Waals surface area contributed by atoms with Gasteiger partial charge in [-0.1, -0.05) is 12.1 Å². The number of amides is 2. The summed E-state index contributed by atoms with van der Waals surface area (Å²) in [7, 11) is 0. The van der Waals surface area contributed by atoms with Crippen molar-refractivity contribution >= 4 is 28.8 Å². The fourth-order valence-electron chi connectivity index (χ4n) is 3.52. The molecule has 0 spiro atoms. The first-order chi connectivity index (χ1) is 13.6. The van der Waals surface area contributed by atoms with Gasteiger partial charge in [0.25, 0.3) is 11.8 Å². The molecule has 0 aromatic carbocycles. The number of carbonyl (C=O) groups excluding carboxylic acids is 2. The van der Waals surface area contributed by atoms with Crippen LogP contribution in [0.5, 0.6) is 0 Å². The minimum absolute atomic E-state index is 0.0214. The summed E-state index contributed by atoms with van der Waals surface area (Å²) in [4.78, 5) is 34.4. The van der Waals surface area contributed by atoms with Crippen LogP contribution in [0.1, 0.15) is 25.9 Å². The van der Waals surface area contributed by atoms with Crippen LogP contribution in [0.25, 0.3) is 5.65 Å². The van der Waals surface area contributed by atoms with Crippen molar-refractivity contribution in [2.45, 2.75) is 6.92 Å². The van der Waals surface area contributed by atoms with Crippen LogP contribution in [0.15, 0.2) is 41.9 Å². The fourth-order valence-corrected chi connectivity index (χ4v) is 4.16. The highest BCUT2D eigenvalue weighted by atomic mass is 32.1. The van der Waals surface area contributed by atoms with Crippen molar-refractivity contribution in [3.05, 3.63) is 58.2 Å². The molecule has 0 radical (unpaired) electrons. The standard InChI is InChI=1S/C20H23N5O2S/c1-15-18(25-8-3-2-6-17(25)22-15)20(27)24-12-10-23(11-13-24)9-7-21-19(26)16-5-4-14-28-16/h2-6,8,14H,7,9-13H2,1H3,(H,21,26). The molecule has 0 unspecified atom stereocenters. The number of nitrogens with one attached hydrogen (secondary N) is 1. The lowest BCUT2D eigenvalue weighted by molar-refractivity contribution is 0.0630. The maximum absolute atomic E-state index is 13.0. The molecule has 0 atom stereocenters. The highest BCUT2D eigenvalue weighted by Crippen LogP contribution is 2.15. The molecule has 1 aliphatic rings. The molecule has 4 heterocycles. The number of fused-ring (bicyclic) bond motifs is 1. The average molecular weight is 398 g/mol. The van der Waals surface area contributed by atoms with E-state index in [1.807, 2.05) is 58.1 Å². The fraction of sp³-hybridized carbons (Fsp3) is 0.350. The summed E-state index contributed by atoms with van der Waals surface area (Å²) >= 11 is 1.44. The number of pyridine rings is 1. The molecule has 146 valence electrons. The Hall–Kier alpha value is -2.71. The van der Waals surface area contributed by atoms with Gasteiger partial charge in [0, 0.05) is 45.5 Å². The minimum atomic E-state index is -0.0214. The predicted octanol–water partition coefficient (Wildman–Crippen LogP) is 1.89. The van der Waals surface area contributed by atoms with Crippen molar-refractivity contribution in [1.82, 2.24) is 24.5 Å². The highest BCUT2D eigenvalue weighted by Gasteiger charge is 2.26. The van der Waals surface area contributed by atoms with Gasteiger partial charge in [-0.2, -0.15) is 0 Å². The van der Waals surface area contributed by atoms with Crippen LogP contribution >= 0.6 is 11.3 Å². The van der Waals surface area contributed by atoms with Crippen LogP contribution in [0.2, 0.25) is 0 Å². The molecular formula is C20H23N5O2S. The first-order valence-electron chi connectivity index (χ1n) is 9.40. The number of piperazine rings is 1. The molecule has 1 N–H and O–H groups in total. The zero-order chi connectivity index (χ0) is 19.5. The second-order valence-electron chi connectivity index (χ2n) is 6.84. The van der Waals surface area contributed by atoms with Gasteiger partial charge in [0.05, 0.1) is 10.6 Å². The van der Waals surface area contributed by atoms with Gasteiger partial charge in [0.1, 0.15) is 11.3 Å². The number of thiophene rings is 1. The number of carbonyl (C=O) groups is 2. The van der Waals surface area contributed by atoms with Crippen molar-refractivity contribution in [1.29, 1.82) is 0 Å². The molecule has 1 aliphatic heterocycles. The van der Waals surface area contributed by atoms with Crippen LogP contribution in [-0.4, -0.2) is 70.3 Å². The number of rotatable bonds is 5. The Kier molecular flexibility index (Phi) is 5.40. The largest absolute Gasteiger partial charge is 0.350 e. The van der Waals surface area contributed by atoms with Crippen LogP contribution in [0.3, 0.4) is 0 Å². The zero-order valence-electron chi connectivity index (χ0n) is 15.8. The Morgan fingerprint density at radius 2 is 1.96 bits per heavy atom. The van der Waals surface area contributed by atoms with E-state index in [0.29, 0.717) is 25.3 Å². The summed E-state index contributed by atoms with van der Waals surface area (Å²) in [5.41, 5.74) is 2.20. The summed E-state index contributed by atoms with van der Waals surface area (Å²) in [5.74, 6) is 0.00810. The van der Waals surface area contributed by atoms with E-state index in [1.165, 1.54) is 11.3 Å². The molecule has 7 nitrogen and oxygen atoms in total. The Labute approximate surface area is 167 Å². The summed E-state index contributed by atoms with van der Waals surface area (Å²) in [6.07, 6.45) is 1.88. The number of imidazole rings is 1. The second kappa shape index (κ2) is 8.12. The maximum atomic E-state index is 13.0. The van der Waals surface area contributed by atoms with Crippen molar-refractivity contribution in [2.24, 2.45) is 0 Å². The van der Waals surface area contributed by atoms with E-state index in [1.54, 1.807) is 0 Å². The van der Waals surface area contributed by atoms with Gasteiger partial charge in [0.2, 0.25) is 0 Å². The molecule has 4 rings (SSSR count). The van der Waals surface area contributed by atoms with Crippen molar-refractivity contribution in [3.8, 4) is 0 Å².